The van der Waals surface area contributed by atoms with E-state index in [9.17, 15) is 4.79 Å². The molecule has 0 bridgehead atoms. The van der Waals surface area contributed by atoms with Crippen LogP contribution in [-0.4, -0.2) is 31.7 Å². The van der Waals surface area contributed by atoms with Crippen molar-refractivity contribution in [2.75, 3.05) is 36.2 Å². The summed E-state index contributed by atoms with van der Waals surface area (Å²) < 4.78 is 0. The van der Waals surface area contributed by atoms with Gasteiger partial charge in [-0.2, -0.15) is 0 Å². The summed E-state index contributed by atoms with van der Waals surface area (Å²) in [5.41, 5.74) is 3.92. The third kappa shape index (κ3) is 4.47. The number of nitrogens with one attached hydrogen (secondary N) is 2. The zero-order valence-corrected chi connectivity index (χ0v) is 13.7. The van der Waals surface area contributed by atoms with Gasteiger partial charge in [0.05, 0.1) is 6.04 Å². The first-order chi connectivity index (χ1) is 11.0. The molecule has 2 aromatic carbocycles. The smallest absolute Gasteiger partial charge is 0.250 e. The van der Waals surface area contributed by atoms with Gasteiger partial charge in [0.25, 0.3) is 0 Å². The number of nitrogens with zero attached hydrogens (tertiary/aromatic N) is 1. The molecule has 2 rings (SSSR count). The Hall–Kier alpha value is -2.53. The Kier molecular flexibility index (Phi) is 5.60. The minimum atomic E-state index is -0.524. The minimum absolute atomic E-state index is 0.109. The molecule has 0 fully saturated rings. The number of hydrogen-bond acceptors (Lipinski definition) is 4. The number of benzene rings is 2. The Balaban J connectivity index is 2.16. The number of hydrogen-bond donors (Lipinski definition) is 3. The van der Waals surface area contributed by atoms with Crippen molar-refractivity contribution >= 4 is 23.0 Å². The van der Waals surface area contributed by atoms with Crippen LogP contribution in [0.25, 0.3) is 0 Å². The lowest BCUT2D eigenvalue weighted by molar-refractivity contribution is -0.118. The molecule has 0 radical (unpaired) electrons. The van der Waals surface area contributed by atoms with E-state index in [0.29, 0.717) is 5.69 Å². The quantitative estimate of drug-likeness (QED) is 0.767. The molecule has 2 aromatic rings. The van der Waals surface area contributed by atoms with Crippen LogP contribution in [0.1, 0.15) is 18.5 Å². The van der Waals surface area contributed by atoms with E-state index in [-0.39, 0.29) is 6.04 Å². The first-order valence-corrected chi connectivity index (χ1v) is 7.55. The van der Waals surface area contributed by atoms with Crippen LogP contribution in [0, 0.1) is 0 Å². The molecule has 1 amide bonds. The van der Waals surface area contributed by atoms with Gasteiger partial charge in [0, 0.05) is 31.2 Å². The van der Waals surface area contributed by atoms with Gasteiger partial charge in [-0.25, -0.2) is 0 Å². The standard InChI is InChI=1S/C18H23N3O2/c1-13(16-9-4-5-10-17(16)21(2)3)19-14-7-6-8-15(11-14)20-18(23)12-22/h4-11,13,19,22H,12H2,1-3H3,(H,20,23). The highest BCUT2D eigenvalue weighted by atomic mass is 16.3. The zero-order valence-electron chi connectivity index (χ0n) is 13.7. The molecule has 0 aliphatic rings. The van der Waals surface area contributed by atoms with Crippen LogP contribution in [-0.2, 0) is 4.79 Å². The Morgan fingerprint density at radius 1 is 1.13 bits per heavy atom. The summed E-state index contributed by atoms with van der Waals surface area (Å²) in [6.45, 7) is 1.57. The lowest BCUT2D eigenvalue weighted by Gasteiger charge is -2.23. The average molecular weight is 313 g/mol. The highest BCUT2D eigenvalue weighted by Gasteiger charge is 2.11. The Morgan fingerprint density at radius 2 is 1.83 bits per heavy atom. The summed E-state index contributed by atoms with van der Waals surface area (Å²) in [4.78, 5) is 13.4. The van der Waals surface area contributed by atoms with Gasteiger partial charge < -0.3 is 20.6 Å². The van der Waals surface area contributed by atoms with E-state index in [4.69, 9.17) is 5.11 Å². The van der Waals surface area contributed by atoms with Gasteiger partial charge in [-0.05, 0) is 36.8 Å². The number of carbonyl (C=O) groups is 1. The Labute approximate surface area is 136 Å². The second-order valence-corrected chi connectivity index (χ2v) is 5.61. The third-order valence-electron chi connectivity index (χ3n) is 3.56. The van der Waals surface area contributed by atoms with Gasteiger partial charge >= 0.3 is 0 Å². The minimum Gasteiger partial charge on any atom is -0.387 e. The summed E-state index contributed by atoms with van der Waals surface area (Å²) in [6, 6.07) is 15.8. The van der Waals surface area contributed by atoms with Crippen LogP contribution in [0.15, 0.2) is 48.5 Å². The first kappa shape index (κ1) is 16.8. The Morgan fingerprint density at radius 3 is 2.52 bits per heavy atom. The molecule has 5 nitrogen and oxygen atoms in total. The summed E-state index contributed by atoms with van der Waals surface area (Å²) >= 11 is 0. The number of amides is 1. The van der Waals surface area contributed by atoms with Gasteiger partial charge in [0.15, 0.2) is 0 Å². The highest BCUT2D eigenvalue weighted by molar-refractivity contribution is 5.92. The van der Waals surface area contributed by atoms with Crippen LogP contribution in [0.3, 0.4) is 0 Å². The molecular formula is C18H23N3O2. The zero-order chi connectivity index (χ0) is 16.8. The molecule has 0 saturated heterocycles. The predicted molar refractivity (Wildman–Crippen MR) is 95.0 cm³/mol. The number of carbonyl (C=O) groups excluding carboxylic acids is 1. The summed E-state index contributed by atoms with van der Waals surface area (Å²) in [5, 5.41) is 14.9. The molecule has 0 saturated carbocycles. The summed E-state index contributed by atoms with van der Waals surface area (Å²) in [5.74, 6) is -0.423. The van der Waals surface area contributed by atoms with Crippen molar-refractivity contribution in [3.63, 3.8) is 0 Å². The predicted octanol–water partition coefficient (Wildman–Crippen LogP) is 2.86. The maximum Gasteiger partial charge on any atom is 0.250 e. The van der Waals surface area contributed by atoms with Gasteiger partial charge in [0.1, 0.15) is 6.61 Å². The van der Waals surface area contributed by atoms with E-state index in [1.54, 1.807) is 6.07 Å². The fourth-order valence-electron chi connectivity index (χ4n) is 2.48. The second-order valence-electron chi connectivity index (χ2n) is 5.61. The van der Waals surface area contributed by atoms with Crippen LogP contribution in [0.2, 0.25) is 0 Å². The molecule has 23 heavy (non-hydrogen) atoms. The molecule has 122 valence electrons. The molecule has 0 aliphatic heterocycles. The van der Waals surface area contributed by atoms with Gasteiger partial charge in [-0.15, -0.1) is 0 Å². The third-order valence-corrected chi connectivity index (χ3v) is 3.56. The fourth-order valence-corrected chi connectivity index (χ4v) is 2.48. The maximum atomic E-state index is 11.3. The lowest BCUT2D eigenvalue weighted by Crippen LogP contribution is -2.16. The molecule has 0 aromatic heterocycles. The Bertz CT molecular complexity index is 671. The molecule has 5 heteroatoms. The van der Waals surface area contributed by atoms with Crippen LogP contribution in [0.4, 0.5) is 17.1 Å². The number of para-hydroxylation sites is 1. The number of aliphatic hydroxyl groups excluding tert-OH is 1. The van der Waals surface area contributed by atoms with E-state index in [0.717, 1.165) is 11.4 Å². The topological polar surface area (TPSA) is 64.6 Å². The van der Waals surface area contributed by atoms with Crippen molar-refractivity contribution in [2.24, 2.45) is 0 Å². The molecule has 0 spiro atoms. The first-order valence-electron chi connectivity index (χ1n) is 7.55. The van der Waals surface area contributed by atoms with E-state index >= 15 is 0 Å². The molecule has 0 heterocycles. The van der Waals surface area contributed by atoms with Crippen molar-refractivity contribution in [1.82, 2.24) is 0 Å². The molecule has 1 unspecified atom stereocenters. The number of anilines is 3. The van der Waals surface area contributed by atoms with Crippen LogP contribution in [0.5, 0.6) is 0 Å². The van der Waals surface area contributed by atoms with Crippen molar-refractivity contribution < 1.29 is 9.90 Å². The van der Waals surface area contributed by atoms with E-state index in [1.807, 2.05) is 44.4 Å². The number of aliphatic hydroxyl groups is 1. The van der Waals surface area contributed by atoms with Crippen molar-refractivity contribution in [2.45, 2.75) is 13.0 Å². The van der Waals surface area contributed by atoms with Crippen LogP contribution >= 0.6 is 0 Å². The monoisotopic (exact) mass is 313 g/mol. The van der Waals surface area contributed by atoms with Crippen LogP contribution < -0.4 is 15.5 Å². The molecule has 3 N–H and O–H groups in total. The normalized spacial score (nSPS) is 11.7. The SMILES string of the molecule is CC(Nc1cccc(NC(=O)CO)c1)c1ccccc1N(C)C. The summed E-state index contributed by atoms with van der Waals surface area (Å²) in [6.07, 6.45) is 0. The maximum absolute atomic E-state index is 11.3. The van der Waals surface area contributed by atoms with E-state index in [2.05, 4.69) is 34.6 Å². The molecular weight excluding hydrogens is 290 g/mol. The largest absolute Gasteiger partial charge is 0.387 e. The van der Waals surface area contributed by atoms with Gasteiger partial charge in [0.2, 0.25) is 5.91 Å². The van der Waals surface area contributed by atoms with Crippen molar-refractivity contribution in [3.05, 3.63) is 54.1 Å². The van der Waals surface area contributed by atoms with E-state index in [1.165, 1.54) is 5.56 Å². The van der Waals surface area contributed by atoms with Gasteiger partial charge in [-0.1, -0.05) is 24.3 Å². The number of rotatable bonds is 6. The van der Waals surface area contributed by atoms with Crippen molar-refractivity contribution in [1.29, 1.82) is 0 Å². The summed E-state index contributed by atoms with van der Waals surface area (Å²) in [7, 11) is 4.05. The highest BCUT2D eigenvalue weighted by Crippen LogP contribution is 2.28. The fraction of sp³-hybridized carbons (Fsp3) is 0.278. The molecule has 1 atom stereocenters. The molecule has 0 aliphatic carbocycles. The lowest BCUT2D eigenvalue weighted by atomic mass is 10.0. The second kappa shape index (κ2) is 7.65. The van der Waals surface area contributed by atoms with E-state index < -0.39 is 12.5 Å². The van der Waals surface area contributed by atoms with Crippen molar-refractivity contribution in [3.8, 4) is 0 Å². The van der Waals surface area contributed by atoms with Gasteiger partial charge in [-0.3, -0.25) is 4.79 Å². The average Bonchev–Trinajstić information content (AvgIpc) is 2.55.